The number of carbonyl (C=O) groups excluding carboxylic acids is 1. The smallest absolute Gasteiger partial charge is 0.270 e. The number of aromatic nitrogens is 2. The van der Waals surface area contributed by atoms with Gasteiger partial charge in [0.1, 0.15) is 0 Å². The van der Waals surface area contributed by atoms with Crippen LogP contribution in [0.1, 0.15) is 10.4 Å². The molecular formula is C24H21N5O3. The van der Waals surface area contributed by atoms with Gasteiger partial charge in [0.15, 0.2) is 0 Å². The average molecular weight is 427 g/mol. The van der Waals surface area contributed by atoms with E-state index in [4.69, 9.17) is 0 Å². The summed E-state index contributed by atoms with van der Waals surface area (Å²) in [4.78, 5) is 32.2. The van der Waals surface area contributed by atoms with Gasteiger partial charge in [0.25, 0.3) is 11.6 Å². The molecule has 0 atom stereocenters. The van der Waals surface area contributed by atoms with E-state index in [0.29, 0.717) is 31.7 Å². The standard InChI is InChI=1S/C24H21N5O3/c30-24(21-8-4-10-28-17-25-16-23(21)28)27-13-11-26(12-14-27)22-9-2-1-7-20(22)18-5-3-6-19(15-18)29(31)32/h1-10,15-17H,11-14H2. The predicted octanol–water partition coefficient (Wildman–Crippen LogP) is 3.87. The van der Waals surface area contributed by atoms with Crippen LogP contribution in [0.4, 0.5) is 11.4 Å². The van der Waals surface area contributed by atoms with Crippen molar-refractivity contribution in [3.05, 3.63) is 95.1 Å². The van der Waals surface area contributed by atoms with E-state index in [1.165, 1.54) is 6.07 Å². The van der Waals surface area contributed by atoms with Crippen LogP contribution in [-0.4, -0.2) is 51.3 Å². The Labute approximate surface area is 184 Å². The zero-order chi connectivity index (χ0) is 22.1. The van der Waals surface area contributed by atoms with Gasteiger partial charge in [-0.15, -0.1) is 0 Å². The number of hydrogen-bond acceptors (Lipinski definition) is 5. The summed E-state index contributed by atoms with van der Waals surface area (Å²) in [6, 6.07) is 18.3. The summed E-state index contributed by atoms with van der Waals surface area (Å²) >= 11 is 0. The van der Waals surface area contributed by atoms with Crippen molar-refractivity contribution < 1.29 is 9.72 Å². The number of piperazine rings is 1. The van der Waals surface area contributed by atoms with E-state index in [1.807, 2.05) is 58.0 Å². The molecule has 8 heteroatoms. The number of non-ortho nitro benzene ring substituents is 1. The number of nitro groups is 1. The summed E-state index contributed by atoms with van der Waals surface area (Å²) in [5, 5.41) is 11.2. The van der Waals surface area contributed by atoms with Crippen LogP contribution < -0.4 is 4.90 Å². The third kappa shape index (κ3) is 3.56. The quantitative estimate of drug-likeness (QED) is 0.365. The summed E-state index contributed by atoms with van der Waals surface area (Å²) in [5.74, 6) is 0.00252. The third-order valence-electron chi connectivity index (χ3n) is 5.86. The molecule has 1 aliphatic rings. The molecule has 2 aromatic carbocycles. The van der Waals surface area contributed by atoms with E-state index >= 15 is 0 Å². The maximum absolute atomic E-state index is 13.1. The molecule has 32 heavy (non-hydrogen) atoms. The van der Waals surface area contributed by atoms with Gasteiger partial charge in [-0.1, -0.05) is 30.3 Å². The largest absolute Gasteiger partial charge is 0.367 e. The van der Waals surface area contributed by atoms with Gasteiger partial charge in [-0.25, -0.2) is 4.98 Å². The van der Waals surface area contributed by atoms with Crippen molar-refractivity contribution in [2.45, 2.75) is 0 Å². The summed E-state index contributed by atoms with van der Waals surface area (Å²) in [6.45, 7) is 2.55. The Balaban J connectivity index is 1.36. The lowest BCUT2D eigenvalue weighted by molar-refractivity contribution is -0.384. The Morgan fingerprint density at radius 3 is 2.59 bits per heavy atom. The first-order valence-corrected chi connectivity index (χ1v) is 10.4. The number of amides is 1. The molecule has 160 valence electrons. The lowest BCUT2D eigenvalue weighted by Gasteiger charge is -2.37. The number of benzene rings is 2. The molecule has 5 rings (SSSR count). The molecule has 1 fully saturated rings. The summed E-state index contributed by atoms with van der Waals surface area (Å²) in [7, 11) is 0. The van der Waals surface area contributed by atoms with Crippen LogP contribution in [0.3, 0.4) is 0 Å². The molecule has 0 unspecified atom stereocenters. The number of rotatable bonds is 4. The highest BCUT2D eigenvalue weighted by molar-refractivity contribution is 6.00. The van der Waals surface area contributed by atoms with E-state index in [9.17, 15) is 14.9 Å². The minimum absolute atomic E-state index is 0.00252. The Hall–Kier alpha value is -4.20. The molecule has 1 saturated heterocycles. The molecule has 1 aliphatic heterocycles. The highest BCUT2D eigenvalue weighted by Gasteiger charge is 2.25. The maximum Gasteiger partial charge on any atom is 0.270 e. The van der Waals surface area contributed by atoms with E-state index < -0.39 is 0 Å². The number of nitro benzene ring substituents is 1. The van der Waals surface area contributed by atoms with Crippen molar-refractivity contribution in [2.75, 3.05) is 31.1 Å². The molecule has 1 amide bonds. The highest BCUT2D eigenvalue weighted by Crippen LogP contribution is 2.33. The number of pyridine rings is 1. The average Bonchev–Trinajstić information content (AvgIpc) is 3.33. The van der Waals surface area contributed by atoms with E-state index in [1.54, 1.807) is 24.7 Å². The van der Waals surface area contributed by atoms with Crippen molar-refractivity contribution in [1.82, 2.24) is 14.3 Å². The molecule has 0 aliphatic carbocycles. The van der Waals surface area contributed by atoms with Crippen molar-refractivity contribution >= 4 is 22.8 Å². The first-order chi connectivity index (χ1) is 15.6. The summed E-state index contributed by atoms with van der Waals surface area (Å²) in [6.07, 6.45) is 5.27. The maximum atomic E-state index is 13.1. The van der Waals surface area contributed by atoms with Gasteiger partial charge in [0, 0.05) is 55.8 Å². The minimum atomic E-state index is -0.377. The number of para-hydroxylation sites is 1. The third-order valence-corrected chi connectivity index (χ3v) is 5.86. The van der Waals surface area contributed by atoms with Crippen molar-refractivity contribution in [2.24, 2.45) is 0 Å². The van der Waals surface area contributed by atoms with Crippen LogP contribution in [0.15, 0.2) is 79.4 Å². The van der Waals surface area contributed by atoms with Gasteiger partial charge in [-0.05, 0) is 23.8 Å². The molecular weight excluding hydrogens is 406 g/mol. The fourth-order valence-corrected chi connectivity index (χ4v) is 4.23. The van der Waals surface area contributed by atoms with Gasteiger partial charge < -0.3 is 14.2 Å². The molecule has 3 heterocycles. The molecule has 0 spiro atoms. The van der Waals surface area contributed by atoms with E-state index in [-0.39, 0.29) is 16.5 Å². The fraction of sp³-hybridized carbons (Fsp3) is 0.167. The van der Waals surface area contributed by atoms with Gasteiger partial charge in [-0.3, -0.25) is 14.9 Å². The number of fused-ring (bicyclic) bond motifs is 1. The van der Waals surface area contributed by atoms with Crippen LogP contribution in [0.5, 0.6) is 0 Å². The molecule has 2 aromatic heterocycles. The van der Waals surface area contributed by atoms with Gasteiger partial charge >= 0.3 is 0 Å². The summed E-state index contributed by atoms with van der Waals surface area (Å²) in [5.41, 5.74) is 4.28. The molecule has 8 nitrogen and oxygen atoms in total. The number of hydrogen-bond donors (Lipinski definition) is 0. The van der Waals surface area contributed by atoms with Crippen LogP contribution in [-0.2, 0) is 0 Å². The summed E-state index contributed by atoms with van der Waals surface area (Å²) < 4.78 is 1.85. The van der Waals surface area contributed by atoms with Crippen LogP contribution in [0, 0.1) is 10.1 Å². The molecule has 0 saturated carbocycles. The van der Waals surface area contributed by atoms with E-state index in [0.717, 1.165) is 22.3 Å². The topological polar surface area (TPSA) is 84.0 Å². The predicted molar refractivity (Wildman–Crippen MR) is 122 cm³/mol. The van der Waals surface area contributed by atoms with Gasteiger partial charge in [-0.2, -0.15) is 0 Å². The lowest BCUT2D eigenvalue weighted by atomic mass is 10.0. The van der Waals surface area contributed by atoms with Gasteiger partial charge in [0.2, 0.25) is 0 Å². The van der Waals surface area contributed by atoms with Crippen molar-refractivity contribution in [1.29, 1.82) is 0 Å². The van der Waals surface area contributed by atoms with Crippen LogP contribution in [0.2, 0.25) is 0 Å². The van der Waals surface area contributed by atoms with Crippen molar-refractivity contribution in [3.63, 3.8) is 0 Å². The normalized spacial score (nSPS) is 14.0. The fourth-order valence-electron chi connectivity index (χ4n) is 4.23. The second-order valence-corrected chi connectivity index (χ2v) is 7.71. The Kier molecular flexibility index (Phi) is 5.03. The Morgan fingerprint density at radius 1 is 0.969 bits per heavy atom. The SMILES string of the molecule is O=C(c1cccn2cncc12)N1CCN(c2ccccc2-c2cccc([N+](=O)[O-])c2)CC1. The number of carbonyl (C=O) groups is 1. The van der Waals surface area contributed by atoms with Crippen LogP contribution in [0.25, 0.3) is 16.6 Å². The first kappa shape index (κ1) is 19.7. The number of anilines is 1. The molecule has 0 N–H and O–H groups in total. The zero-order valence-corrected chi connectivity index (χ0v) is 17.3. The lowest BCUT2D eigenvalue weighted by Crippen LogP contribution is -2.49. The van der Waals surface area contributed by atoms with E-state index in [2.05, 4.69) is 9.88 Å². The Bertz CT molecular complexity index is 1310. The van der Waals surface area contributed by atoms with Crippen LogP contribution >= 0.6 is 0 Å². The minimum Gasteiger partial charge on any atom is -0.367 e. The number of nitrogens with zero attached hydrogens (tertiary/aromatic N) is 5. The highest BCUT2D eigenvalue weighted by atomic mass is 16.6. The number of imidazole rings is 1. The van der Waals surface area contributed by atoms with Gasteiger partial charge in [0.05, 0.1) is 28.5 Å². The molecule has 0 bridgehead atoms. The Morgan fingerprint density at radius 2 is 1.78 bits per heavy atom. The monoisotopic (exact) mass is 427 g/mol. The molecule has 0 radical (unpaired) electrons. The second-order valence-electron chi connectivity index (χ2n) is 7.71. The molecule has 4 aromatic rings. The second kappa shape index (κ2) is 8.14. The first-order valence-electron chi connectivity index (χ1n) is 10.4. The van der Waals surface area contributed by atoms with Crippen molar-refractivity contribution in [3.8, 4) is 11.1 Å². The zero-order valence-electron chi connectivity index (χ0n) is 17.3.